The van der Waals surface area contributed by atoms with Gasteiger partial charge in [0.25, 0.3) is 0 Å². The van der Waals surface area contributed by atoms with E-state index in [9.17, 15) is 5.11 Å². The Morgan fingerprint density at radius 1 is 0.900 bits per heavy atom. The molecule has 2 aromatic carbocycles. The van der Waals surface area contributed by atoms with E-state index in [0.29, 0.717) is 5.76 Å². The van der Waals surface area contributed by atoms with Crippen molar-refractivity contribution in [2.24, 2.45) is 0 Å². The largest absolute Gasteiger partial charge is 0.512 e. The number of rotatable bonds is 3. The summed E-state index contributed by atoms with van der Waals surface area (Å²) in [5, 5.41) is 11.0. The molecule has 0 radical (unpaired) electrons. The van der Waals surface area contributed by atoms with Crippen LogP contribution in [0.15, 0.2) is 97.5 Å². The van der Waals surface area contributed by atoms with E-state index in [1.165, 1.54) is 44.6 Å². The minimum Gasteiger partial charge on any atom is -0.512 e. The van der Waals surface area contributed by atoms with Crippen LogP contribution in [0.4, 0.5) is 0 Å². The van der Waals surface area contributed by atoms with Gasteiger partial charge in [-0.3, -0.25) is 0 Å². The van der Waals surface area contributed by atoms with Gasteiger partial charge in [-0.2, -0.15) is 9.13 Å². The molecular formula is C37H40N2O+2. The van der Waals surface area contributed by atoms with Gasteiger partial charge in [-0.25, -0.2) is 0 Å². The highest BCUT2D eigenvalue weighted by atomic mass is 16.3. The molecule has 3 atom stereocenters. The van der Waals surface area contributed by atoms with E-state index in [-0.39, 0.29) is 23.4 Å². The fourth-order valence-corrected chi connectivity index (χ4v) is 7.21. The van der Waals surface area contributed by atoms with Crippen molar-refractivity contribution in [1.82, 2.24) is 0 Å². The maximum atomic E-state index is 11.0. The number of nitrogens with zero attached hydrogens (tertiary/aromatic N) is 2. The molecular weight excluding hydrogens is 488 g/mol. The lowest BCUT2D eigenvalue weighted by atomic mass is 9.77. The molecule has 0 saturated heterocycles. The Labute approximate surface area is 238 Å². The van der Waals surface area contributed by atoms with Gasteiger partial charge in [0, 0.05) is 24.6 Å². The predicted octanol–water partition coefficient (Wildman–Crippen LogP) is 8.27. The second-order valence-corrected chi connectivity index (χ2v) is 12.6. The Bertz CT molecular complexity index is 1660. The molecule has 6 rings (SSSR count). The quantitative estimate of drug-likeness (QED) is 0.162. The van der Waals surface area contributed by atoms with Crippen LogP contribution in [-0.4, -0.2) is 5.11 Å². The number of aryl methyl sites for hydroxylation is 2. The minimum atomic E-state index is -0.0674. The van der Waals surface area contributed by atoms with Crippen molar-refractivity contribution in [2.75, 3.05) is 0 Å². The fraction of sp³-hybridized carbons (Fsp3) is 0.297. The van der Waals surface area contributed by atoms with Crippen molar-refractivity contribution < 1.29 is 14.2 Å². The lowest BCUT2D eigenvalue weighted by Gasteiger charge is -2.30. The van der Waals surface area contributed by atoms with Crippen molar-refractivity contribution >= 4 is 5.57 Å². The van der Waals surface area contributed by atoms with Gasteiger partial charge >= 0.3 is 0 Å². The number of pyridine rings is 2. The van der Waals surface area contributed by atoms with Crippen LogP contribution in [-0.2, 0) is 5.41 Å². The number of hydrogen-bond acceptors (Lipinski definition) is 1. The molecule has 4 aromatic rings. The normalized spacial score (nSPS) is 20.9. The third-order valence-electron chi connectivity index (χ3n) is 9.02. The van der Waals surface area contributed by atoms with E-state index >= 15 is 0 Å². The molecule has 2 aliphatic heterocycles. The number of fused-ring (bicyclic) bond motifs is 4. The zero-order valence-corrected chi connectivity index (χ0v) is 24.6. The Kier molecular flexibility index (Phi) is 6.29. The zero-order valence-electron chi connectivity index (χ0n) is 24.6. The first-order chi connectivity index (χ1) is 19.1. The summed E-state index contributed by atoms with van der Waals surface area (Å²) in [7, 11) is 0. The molecule has 2 aliphatic rings. The smallest absolute Gasteiger partial charge is 0.213 e. The first kappa shape index (κ1) is 26.3. The number of benzene rings is 2. The second kappa shape index (κ2) is 9.59. The number of aromatic nitrogens is 2. The molecule has 3 unspecified atom stereocenters. The first-order valence-corrected chi connectivity index (χ1v) is 14.4. The molecule has 202 valence electrons. The van der Waals surface area contributed by atoms with Gasteiger partial charge in [0.1, 0.15) is 5.92 Å². The molecule has 3 heteroatoms. The Hall–Kier alpha value is -3.98. The molecule has 3 nitrogen and oxygen atoms in total. The third kappa shape index (κ3) is 4.02. The summed E-state index contributed by atoms with van der Waals surface area (Å²) in [5.74, 6) is 0.559. The Morgan fingerprint density at radius 3 is 2.27 bits per heavy atom. The Morgan fingerprint density at radius 2 is 1.60 bits per heavy atom. The molecule has 0 amide bonds. The van der Waals surface area contributed by atoms with Crippen molar-refractivity contribution in [3.05, 3.63) is 125 Å². The van der Waals surface area contributed by atoms with E-state index in [1.54, 1.807) is 0 Å². The van der Waals surface area contributed by atoms with Crippen LogP contribution in [0.5, 0.6) is 0 Å². The molecule has 4 heterocycles. The van der Waals surface area contributed by atoms with Crippen LogP contribution < -0.4 is 9.13 Å². The highest BCUT2D eigenvalue weighted by Gasteiger charge is 2.51. The fourth-order valence-electron chi connectivity index (χ4n) is 7.21. The number of aliphatic hydroxyl groups is 1. The first-order valence-electron chi connectivity index (χ1n) is 14.4. The van der Waals surface area contributed by atoms with E-state index < -0.39 is 0 Å². The van der Waals surface area contributed by atoms with Crippen LogP contribution in [0, 0.1) is 13.8 Å². The summed E-state index contributed by atoms with van der Waals surface area (Å²) < 4.78 is 4.85. The van der Waals surface area contributed by atoms with Gasteiger partial charge < -0.3 is 5.11 Å². The van der Waals surface area contributed by atoms with Gasteiger partial charge in [-0.1, -0.05) is 63.7 Å². The monoisotopic (exact) mass is 528 g/mol. The van der Waals surface area contributed by atoms with Crippen molar-refractivity contribution in [2.45, 2.75) is 71.4 Å². The van der Waals surface area contributed by atoms with Crippen LogP contribution >= 0.6 is 0 Å². The van der Waals surface area contributed by atoms with Crippen LogP contribution in [0.25, 0.3) is 28.0 Å². The van der Waals surface area contributed by atoms with Crippen LogP contribution in [0.3, 0.4) is 0 Å². The minimum absolute atomic E-state index is 0.0674. The third-order valence-corrected chi connectivity index (χ3v) is 9.02. The van der Waals surface area contributed by atoms with Crippen LogP contribution in [0.1, 0.15) is 80.1 Å². The number of hydrogen-bond donors (Lipinski definition) is 1. The standard InChI is InChI=1S/C37H39N2O/c1-8-31-36(27-17-10-9-16-26(27)32-18-11-12-19-38(31)32)34-20-28(25(4)40)33-21-30(37(5,6)7)29(22-39(33)34)35-23(2)14-13-15-24(35)3/h8-19,21-22,31,34,36H,1,20H2,2-7H3/q+1/p+1. The second-order valence-electron chi connectivity index (χ2n) is 12.6. The van der Waals surface area contributed by atoms with Gasteiger partial charge in [-0.05, 0) is 72.2 Å². The zero-order chi connectivity index (χ0) is 28.3. The highest BCUT2D eigenvalue weighted by Crippen LogP contribution is 2.49. The number of allylic oxidation sites excluding steroid dienone is 3. The van der Waals surface area contributed by atoms with Crippen LogP contribution in [0.2, 0.25) is 0 Å². The summed E-state index contributed by atoms with van der Waals surface area (Å²) in [5.41, 5.74) is 12.4. The molecule has 1 N–H and O–H groups in total. The number of aliphatic hydroxyl groups excluding tert-OH is 1. The van der Waals surface area contributed by atoms with Gasteiger partial charge in [0.2, 0.25) is 11.4 Å². The average molecular weight is 529 g/mol. The highest BCUT2D eigenvalue weighted by molar-refractivity contribution is 5.76. The van der Waals surface area contributed by atoms with Crippen molar-refractivity contribution in [1.29, 1.82) is 0 Å². The predicted molar refractivity (Wildman–Crippen MR) is 163 cm³/mol. The summed E-state index contributed by atoms with van der Waals surface area (Å²) >= 11 is 0. The van der Waals surface area contributed by atoms with E-state index in [2.05, 4.69) is 136 Å². The summed E-state index contributed by atoms with van der Waals surface area (Å²) in [6.07, 6.45) is 7.45. The molecule has 40 heavy (non-hydrogen) atoms. The van der Waals surface area contributed by atoms with Crippen molar-refractivity contribution in [3.63, 3.8) is 0 Å². The van der Waals surface area contributed by atoms with E-state index in [0.717, 1.165) is 17.7 Å². The van der Waals surface area contributed by atoms with Gasteiger partial charge in [0.15, 0.2) is 24.5 Å². The topological polar surface area (TPSA) is 28.0 Å². The van der Waals surface area contributed by atoms with E-state index in [1.807, 2.05) is 6.92 Å². The summed E-state index contributed by atoms with van der Waals surface area (Å²) in [6.45, 7) is 17.5. The lowest BCUT2D eigenvalue weighted by molar-refractivity contribution is -0.748. The summed E-state index contributed by atoms with van der Waals surface area (Å²) in [6, 6.07) is 24.4. The maximum absolute atomic E-state index is 11.0. The maximum Gasteiger partial charge on any atom is 0.213 e. The molecule has 2 aromatic heterocycles. The van der Waals surface area contributed by atoms with E-state index in [4.69, 9.17) is 0 Å². The molecule has 0 spiro atoms. The molecule has 0 saturated carbocycles. The molecule has 0 aliphatic carbocycles. The SMILES string of the molecule is C=CC1C(C2C/C(=C(\C)O)c3cc(C(C)(C)C)c(-c4c(C)cccc4C)c[n+]32)c2ccccc2-c2cccc[n+]21. The Balaban J connectivity index is 1.65. The molecule has 0 fully saturated rings. The van der Waals surface area contributed by atoms with Gasteiger partial charge in [0.05, 0.1) is 22.5 Å². The average Bonchev–Trinajstić information content (AvgIpc) is 3.30. The van der Waals surface area contributed by atoms with Crippen molar-refractivity contribution in [3.8, 4) is 22.4 Å². The molecule has 0 bridgehead atoms. The van der Waals surface area contributed by atoms with Gasteiger partial charge in [-0.15, -0.1) is 0 Å². The lowest BCUT2D eigenvalue weighted by Crippen LogP contribution is -2.52. The summed E-state index contributed by atoms with van der Waals surface area (Å²) in [4.78, 5) is 0.